The Hall–Kier alpha value is -0.520. The summed E-state index contributed by atoms with van der Waals surface area (Å²) in [4.78, 5) is 0. The van der Waals surface area contributed by atoms with Crippen LogP contribution in [0.4, 0.5) is 0 Å². The average molecular weight is 136 g/mol. The standard InChI is InChI=1S/C10H16/c1-2-3-4-5-7-10-8-6-9-10/h5,7-8H,2-4,6,9H2,1H3. The maximum absolute atomic E-state index is 2.31. The van der Waals surface area contributed by atoms with E-state index in [1.807, 2.05) is 0 Å². The summed E-state index contributed by atoms with van der Waals surface area (Å²) in [5.41, 5.74) is 1.54. The molecule has 0 amide bonds. The monoisotopic (exact) mass is 136 g/mol. The zero-order chi connectivity index (χ0) is 7.23. The average Bonchev–Trinajstić information content (AvgIpc) is 1.84. The summed E-state index contributed by atoms with van der Waals surface area (Å²) in [6, 6.07) is 0. The molecule has 0 N–H and O–H groups in total. The van der Waals surface area contributed by atoms with E-state index in [0.717, 1.165) is 0 Å². The van der Waals surface area contributed by atoms with Crippen LogP contribution in [-0.4, -0.2) is 0 Å². The molecule has 1 rings (SSSR count). The maximum atomic E-state index is 2.31. The van der Waals surface area contributed by atoms with Gasteiger partial charge >= 0.3 is 0 Å². The van der Waals surface area contributed by atoms with E-state index in [4.69, 9.17) is 0 Å². The highest BCUT2D eigenvalue weighted by molar-refractivity contribution is 5.25. The van der Waals surface area contributed by atoms with Crippen LogP contribution >= 0.6 is 0 Å². The van der Waals surface area contributed by atoms with Gasteiger partial charge in [0.15, 0.2) is 0 Å². The first-order valence-corrected chi connectivity index (χ1v) is 4.29. The third-order valence-corrected chi connectivity index (χ3v) is 1.90. The smallest absolute Gasteiger partial charge is 0.0247 e. The molecule has 0 unspecified atom stereocenters. The lowest BCUT2D eigenvalue weighted by Crippen LogP contribution is -1.88. The summed E-state index contributed by atoms with van der Waals surface area (Å²) in [5.74, 6) is 0. The van der Waals surface area contributed by atoms with E-state index >= 15 is 0 Å². The van der Waals surface area contributed by atoms with E-state index in [2.05, 4.69) is 25.2 Å². The van der Waals surface area contributed by atoms with Crippen LogP contribution in [0, 0.1) is 0 Å². The third-order valence-electron chi connectivity index (χ3n) is 1.90. The second-order valence-electron chi connectivity index (χ2n) is 2.86. The maximum Gasteiger partial charge on any atom is -0.0247 e. The number of allylic oxidation sites excluding steroid dienone is 4. The second kappa shape index (κ2) is 4.32. The predicted octanol–water partition coefficient (Wildman–Crippen LogP) is 3.45. The van der Waals surface area contributed by atoms with E-state index in [0.29, 0.717) is 0 Å². The topological polar surface area (TPSA) is 0 Å². The van der Waals surface area contributed by atoms with Crippen molar-refractivity contribution in [2.45, 2.75) is 39.0 Å². The van der Waals surface area contributed by atoms with Gasteiger partial charge in [-0.1, -0.05) is 43.6 Å². The molecular formula is C10H16. The van der Waals surface area contributed by atoms with Crippen molar-refractivity contribution in [2.75, 3.05) is 0 Å². The van der Waals surface area contributed by atoms with Gasteiger partial charge in [-0.05, 0) is 19.3 Å². The van der Waals surface area contributed by atoms with Crippen LogP contribution in [0.3, 0.4) is 0 Å². The van der Waals surface area contributed by atoms with Crippen LogP contribution < -0.4 is 0 Å². The highest BCUT2D eigenvalue weighted by Gasteiger charge is 1.98. The van der Waals surface area contributed by atoms with Crippen LogP contribution in [-0.2, 0) is 0 Å². The van der Waals surface area contributed by atoms with Gasteiger partial charge < -0.3 is 0 Å². The third kappa shape index (κ3) is 2.38. The van der Waals surface area contributed by atoms with Gasteiger partial charge in [-0.25, -0.2) is 0 Å². The largest absolute Gasteiger partial charge is 0.0843 e. The normalized spacial score (nSPS) is 17.1. The molecule has 56 valence electrons. The molecule has 0 aromatic heterocycles. The van der Waals surface area contributed by atoms with Gasteiger partial charge in [0.1, 0.15) is 0 Å². The summed E-state index contributed by atoms with van der Waals surface area (Å²) in [7, 11) is 0. The Morgan fingerprint density at radius 3 is 2.90 bits per heavy atom. The lowest BCUT2D eigenvalue weighted by molar-refractivity contribution is 0.811. The number of hydrogen-bond donors (Lipinski definition) is 0. The Labute approximate surface area is 63.6 Å². The van der Waals surface area contributed by atoms with Crippen molar-refractivity contribution in [3.05, 3.63) is 23.8 Å². The first-order chi connectivity index (χ1) is 4.93. The van der Waals surface area contributed by atoms with Crippen molar-refractivity contribution >= 4 is 0 Å². The quantitative estimate of drug-likeness (QED) is 0.519. The fourth-order valence-corrected chi connectivity index (χ4v) is 1.02. The molecule has 0 spiro atoms. The van der Waals surface area contributed by atoms with E-state index in [9.17, 15) is 0 Å². The van der Waals surface area contributed by atoms with Crippen LogP contribution in [0.2, 0.25) is 0 Å². The first-order valence-electron chi connectivity index (χ1n) is 4.29. The summed E-state index contributed by atoms with van der Waals surface area (Å²) >= 11 is 0. The SMILES string of the molecule is CCCCC=CC1=CCC1. The number of hydrogen-bond acceptors (Lipinski definition) is 0. The summed E-state index contributed by atoms with van der Waals surface area (Å²) in [5, 5.41) is 0. The fourth-order valence-electron chi connectivity index (χ4n) is 1.02. The molecule has 0 nitrogen and oxygen atoms in total. The van der Waals surface area contributed by atoms with Gasteiger partial charge in [0.25, 0.3) is 0 Å². The van der Waals surface area contributed by atoms with Crippen molar-refractivity contribution in [3.63, 3.8) is 0 Å². The molecule has 0 aromatic rings. The molecule has 0 atom stereocenters. The summed E-state index contributed by atoms with van der Waals surface area (Å²) in [6.07, 6.45) is 13.4. The van der Waals surface area contributed by atoms with Gasteiger partial charge in [0.05, 0.1) is 0 Å². The molecule has 10 heavy (non-hydrogen) atoms. The molecule has 0 saturated heterocycles. The Kier molecular flexibility index (Phi) is 3.28. The highest BCUT2D eigenvalue weighted by Crippen LogP contribution is 2.18. The fraction of sp³-hybridized carbons (Fsp3) is 0.600. The van der Waals surface area contributed by atoms with Crippen molar-refractivity contribution in [1.29, 1.82) is 0 Å². The van der Waals surface area contributed by atoms with E-state index in [1.54, 1.807) is 0 Å². The van der Waals surface area contributed by atoms with Gasteiger partial charge in [0, 0.05) is 0 Å². The van der Waals surface area contributed by atoms with Crippen molar-refractivity contribution in [1.82, 2.24) is 0 Å². The molecule has 0 aromatic carbocycles. The highest BCUT2D eigenvalue weighted by atomic mass is 14.0. The Balaban J connectivity index is 2.05. The van der Waals surface area contributed by atoms with Gasteiger partial charge in [-0.15, -0.1) is 0 Å². The van der Waals surface area contributed by atoms with Crippen LogP contribution in [0.15, 0.2) is 23.8 Å². The summed E-state index contributed by atoms with van der Waals surface area (Å²) < 4.78 is 0. The van der Waals surface area contributed by atoms with Crippen molar-refractivity contribution in [3.8, 4) is 0 Å². The minimum Gasteiger partial charge on any atom is -0.0843 e. The zero-order valence-corrected chi connectivity index (χ0v) is 6.77. The predicted molar refractivity (Wildman–Crippen MR) is 46.0 cm³/mol. The Morgan fingerprint density at radius 2 is 2.40 bits per heavy atom. The van der Waals surface area contributed by atoms with E-state index in [1.165, 1.54) is 37.7 Å². The van der Waals surface area contributed by atoms with Gasteiger partial charge in [0.2, 0.25) is 0 Å². The molecule has 0 heteroatoms. The molecule has 1 aliphatic carbocycles. The zero-order valence-electron chi connectivity index (χ0n) is 6.77. The van der Waals surface area contributed by atoms with Gasteiger partial charge in [-0.3, -0.25) is 0 Å². The number of unbranched alkanes of at least 4 members (excludes halogenated alkanes) is 2. The minimum absolute atomic E-state index is 1.26. The minimum atomic E-state index is 1.26. The lowest BCUT2D eigenvalue weighted by atomic mass is 9.98. The first kappa shape index (κ1) is 7.59. The van der Waals surface area contributed by atoms with E-state index < -0.39 is 0 Å². The molecule has 0 fully saturated rings. The molecule has 0 aliphatic heterocycles. The van der Waals surface area contributed by atoms with E-state index in [-0.39, 0.29) is 0 Å². The molecule has 0 radical (unpaired) electrons. The second-order valence-corrected chi connectivity index (χ2v) is 2.86. The summed E-state index contributed by atoms with van der Waals surface area (Å²) in [6.45, 7) is 2.23. The Bertz CT molecular complexity index is 140. The van der Waals surface area contributed by atoms with Crippen LogP contribution in [0.1, 0.15) is 39.0 Å². The molecule has 0 saturated carbocycles. The number of rotatable bonds is 4. The molecular weight excluding hydrogens is 120 g/mol. The van der Waals surface area contributed by atoms with Crippen LogP contribution in [0.5, 0.6) is 0 Å². The lowest BCUT2D eigenvalue weighted by Gasteiger charge is -2.08. The van der Waals surface area contributed by atoms with Crippen molar-refractivity contribution < 1.29 is 0 Å². The molecule has 0 heterocycles. The molecule has 1 aliphatic rings. The Morgan fingerprint density at radius 1 is 1.60 bits per heavy atom. The van der Waals surface area contributed by atoms with Crippen molar-refractivity contribution in [2.24, 2.45) is 0 Å². The molecule has 0 bridgehead atoms. The van der Waals surface area contributed by atoms with Gasteiger partial charge in [-0.2, -0.15) is 0 Å². The van der Waals surface area contributed by atoms with Crippen LogP contribution in [0.25, 0.3) is 0 Å².